The molecule has 0 aliphatic heterocycles. The van der Waals surface area contributed by atoms with E-state index >= 15 is 0 Å². The van der Waals surface area contributed by atoms with Crippen molar-refractivity contribution < 1.29 is 9.21 Å². The van der Waals surface area contributed by atoms with Crippen molar-refractivity contribution in [2.24, 2.45) is 0 Å². The lowest BCUT2D eigenvalue weighted by atomic mass is 10.3. The molecule has 98 valence electrons. The van der Waals surface area contributed by atoms with E-state index < -0.39 is 0 Å². The topological polar surface area (TPSA) is 77.1 Å². The van der Waals surface area contributed by atoms with Crippen LogP contribution in [-0.4, -0.2) is 22.2 Å². The molecule has 0 unspecified atom stereocenters. The first-order chi connectivity index (χ1) is 9.20. The fraction of sp³-hybridized carbons (Fsp3) is 0.154. The maximum Gasteiger partial charge on any atom is 0.267 e. The minimum absolute atomic E-state index is 0.138. The van der Waals surface area contributed by atoms with Gasteiger partial charge in [-0.2, -0.15) is 5.10 Å². The molecule has 2 rings (SSSR count). The summed E-state index contributed by atoms with van der Waals surface area (Å²) in [5.41, 5.74) is 0.158. The van der Waals surface area contributed by atoms with Crippen LogP contribution in [0.4, 0.5) is 0 Å². The van der Waals surface area contributed by atoms with Gasteiger partial charge >= 0.3 is 0 Å². The Hall–Kier alpha value is -2.63. The third-order valence-corrected chi connectivity index (χ3v) is 2.38. The number of hydrogen-bond donors (Lipinski definition) is 1. The normalized spacial score (nSPS) is 10.1. The van der Waals surface area contributed by atoms with Crippen molar-refractivity contribution in [2.75, 3.05) is 6.54 Å². The highest BCUT2D eigenvalue weighted by atomic mass is 16.3. The molecule has 2 heterocycles. The van der Waals surface area contributed by atoms with Crippen LogP contribution in [0.15, 0.2) is 52.4 Å². The first-order valence-electron chi connectivity index (χ1n) is 5.70. The van der Waals surface area contributed by atoms with Gasteiger partial charge in [-0.05, 0) is 18.2 Å². The van der Waals surface area contributed by atoms with E-state index in [1.807, 2.05) is 0 Å². The average Bonchev–Trinajstić information content (AvgIpc) is 2.93. The maximum atomic E-state index is 11.6. The van der Waals surface area contributed by atoms with E-state index in [4.69, 9.17) is 4.42 Å². The van der Waals surface area contributed by atoms with Crippen LogP contribution < -0.4 is 10.9 Å². The van der Waals surface area contributed by atoms with E-state index in [0.29, 0.717) is 18.0 Å². The van der Waals surface area contributed by atoms with Crippen molar-refractivity contribution in [3.05, 3.63) is 53.5 Å². The van der Waals surface area contributed by atoms with Gasteiger partial charge in [-0.15, -0.1) is 6.58 Å². The second-order valence-corrected chi connectivity index (χ2v) is 3.78. The summed E-state index contributed by atoms with van der Waals surface area (Å²) in [4.78, 5) is 23.2. The molecule has 0 saturated heterocycles. The van der Waals surface area contributed by atoms with Gasteiger partial charge in [0.25, 0.3) is 5.56 Å². The number of aromatic nitrogens is 2. The Labute approximate surface area is 109 Å². The molecule has 19 heavy (non-hydrogen) atoms. The number of carbonyl (C=O) groups is 1. The number of carbonyl (C=O) groups excluding carboxylic acids is 1. The minimum atomic E-state index is -0.343. The van der Waals surface area contributed by atoms with E-state index in [0.717, 1.165) is 4.68 Å². The molecule has 0 aliphatic carbocycles. The van der Waals surface area contributed by atoms with Crippen LogP contribution >= 0.6 is 0 Å². The summed E-state index contributed by atoms with van der Waals surface area (Å²) in [6, 6.07) is 6.36. The zero-order valence-electron chi connectivity index (χ0n) is 10.2. The smallest absolute Gasteiger partial charge is 0.267 e. The number of amides is 1. The van der Waals surface area contributed by atoms with Crippen LogP contribution in [0.3, 0.4) is 0 Å². The zero-order chi connectivity index (χ0) is 13.7. The third-order valence-electron chi connectivity index (χ3n) is 2.38. The van der Waals surface area contributed by atoms with Crippen LogP contribution in [-0.2, 0) is 11.3 Å². The molecule has 2 aromatic heterocycles. The summed E-state index contributed by atoms with van der Waals surface area (Å²) in [7, 11) is 0. The Kier molecular flexibility index (Phi) is 3.92. The highest BCUT2D eigenvalue weighted by Crippen LogP contribution is 2.14. The SMILES string of the molecule is C=CCNC(=O)Cn1nc(-c2ccco2)ccc1=O. The zero-order valence-corrected chi connectivity index (χ0v) is 10.2. The Bertz CT molecular complexity index is 629. The van der Waals surface area contributed by atoms with Crippen LogP contribution in [0.2, 0.25) is 0 Å². The largest absolute Gasteiger partial charge is 0.463 e. The summed E-state index contributed by atoms with van der Waals surface area (Å²) in [5.74, 6) is 0.242. The highest BCUT2D eigenvalue weighted by molar-refractivity contribution is 5.75. The number of nitrogens with zero attached hydrogens (tertiary/aromatic N) is 2. The first-order valence-corrected chi connectivity index (χ1v) is 5.70. The molecule has 0 spiro atoms. The molecule has 0 atom stereocenters. The van der Waals surface area contributed by atoms with E-state index in [1.54, 1.807) is 24.3 Å². The summed E-state index contributed by atoms with van der Waals surface area (Å²) in [6.07, 6.45) is 3.08. The molecule has 0 bridgehead atoms. The fourth-order valence-electron chi connectivity index (χ4n) is 1.50. The molecule has 0 radical (unpaired) electrons. The first kappa shape index (κ1) is 12.8. The number of furan rings is 1. The molecule has 0 saturated carbocycles. The van der Waals surface area contributed by atoms with Gasteiger partial charge < -0.3 is 9.73 Å². The van der Waals surface area contributed by atoms with Gasteiger partial charge in [0.05, 0.1) is 6.26 Å². The Morgan fingerprint density at radius 3 is 3.00 bits per heavy atom. The highest BCUT2D eigenvalue weighted by Gasteiger charge is 2.08. The predicted octanol–water partition coefficient (Wildman–Crippen LogP) is 0.805. The monoisotopic (exact) mass is 259 g/mol. The second kappa shape index (κ2) is 5.81. The Balaban J connectivity index is 2.20. The molecule has 6 heteroatoms. The number of rotatable bonds is 5. The number of nitrogens with one attached hydrogen (secondary N) is 1. The molecule has 0 aliphatic rings. The van der Waals surface area contributed by atoms with Gasteiger partial charge in [0.2, 0.25) is 5.91 Å². The van der Waals surface area contributed by atoms with Gasteiger partial charge in [-0.25, -0.2) is 4.68 Å². The molecule has 0 aromatic carbocycles. The standard InChI is InChI=1S/C13H13N3O3/c1-2-7-14-12(17)9-16-13(18)6-5-10(15-16)11-4-3-8-19-11/h2-6,8H,1,7,9H2,(H,14,17). The van der Waals surface area contributed by atoms with Gasteiger partial charge in [0, 0.05) is 12.6 Å². The minimum Gasteiger partial charge on any atom is -0.463 e. The van der Waals surface area contributed by atoms with Gasteiger partial charge in [0.1, 0.15) is 12.2 Å². The third kappa shape index (κ3) is 3.19. The lowest BCUT2D eigenvalue weighted by molar-refractivity contribution is -0.121. The lowest BCUT2D eigenvalue weighted by Gasteiger charge is -2.05. The summed E-state index contributed by atoms with van der Waals surface area (Å²) < 4.78 is 6.29. The second-order valence-electron chi connectivity index (χ2n) is 3.78. The van der Waals surface area contributed by atoms with Crippen molar-refractivity contribution in [1.29, 1.82) is 0 Å². The molecule has 0 fully saturated rings. The molecule has 1 N–H and O–H groups in total. The van der Waals surface area contributed by atoms with Crippen LogP contribution in [0.25, 0.3) is 11.5 Å². The Morgan fingerprint density at radius 2 is 2.32 bits per heavy atom. The van der Waals surface area contributed by atoms with E-state index in [-0.39, 0.29) is 18.0 Å². The molecule has 2 aromatic rings. The van der Waals surface area contributed by atoms with E-state index in [2.05, 4.69) is 17.0 Å². The Morgan fingerprint density at radius 1 is 1.47 bits per heavy atom. The van der Waals surface area contributed by atoms with Crippen LogP contribution in [0.5, 0.6) is 0 Å². The molecule has 1 amide bonds. The van der Waals surface area contributed by atoms with Crippen LogP contribution in [0, 0.1) is 0 Å². The summed E-state index contributed by atoms with van der Waals surface area (Å²) in [6.45, 7) is 3.71. The van der Waals surface area contributed by atoms with Crippen molar-refractivity contribution in [3.63, 3.8) is 0 Å². The molecular formula is C13H13N3O3. The predicted molar refractivity (Wildman–Crippen MR) is 69.4 cm³/mol. The fourth-order valence-corrected chi connectivity index (χ4v) is 1.50. The van der Waals surface area contributed by atoms with Crippen molar-refractivity contribution in [2.45, 2.75) is 6.54 Å². The summed E-state index contributed by atoms with van der Waals surface area (Å²) >= 11 is 0. The van der Waals surface area contributed by atoms with Crippen LogP contribution in [0.1, 0.15) is 0 Å². The van der Waals surface area contributed by atoms with Crippen molar-refractivity contribution in [3.8, 4) is 11.5 Å². The summed E-state index contributed by atoms with van der Waals surface area (Å²) in [5, 5.41) is 6.67. The van der Waals surface area contributed by atoms with Gasteiger partial charge in [-0.3, -0.25) is 9.59 Å². The van der Waals surface area contributed by atoms with Crippen molar-refractivity contribution in [1.82, 2.24) is 15.1 Å². The average molecular weight is 259 g/mol. The maximum absolute atomic E-state index is 11.6. The van der Waals surface area contributed by atoms with E-state index in [9.17, 15) is 9.59 Å². The number of hydrogen-bond acceptors (Lipinski definition) is 4. The van der Waals surface area contributed by atoms with Gasteiger partial charge in [-0.1, -0.05) is 6.08 Å². The quantitative estimate of drug-likeness (QED) is 0.806. The van der Waals surface area contributed by atoms with E-state index in [1.165, 1.54) is 12.3 Å². The van der Waals surface area contributed by atoms with Crippen molar-refractivity contribution >= 4 is 5.91 Å². The molecule has 6 nitrogen and oxygen atoms in total. The lowest BCUT2D eigenvalue weighted by Crippen LogP contribution is -2.33. The van der Waals surface area contributed by atoms with Gasteiger partial charge in [0.15, 0.2) is 5.76 Å². The molecular weight excluding hydrogens is 246 g/mol.